The van der Waals surface area contributed by atoms with Gasteiger partial charge in [-0.3, -0.25) is 0 Å². The summed E-state index contributed by atoms with van der Waals surface area (Å²) >= 11 is 0. The van der Waals surface area contributed by atoms with E-state index in [4.69, 9.17) is 0 Å². The Morgan fingerprint density at radius 3 is 1.66 bits per heavy atom. The largest absolute Gasteiger partial charge is 0.313 e. The fourth-order valence-electron chi connectivity index (χ4n) is 10.2. The van der Waals surface area contributed by atoms with Crippen molar-refractivity contribution in [3.8, 4) is 27.9 Å². The van der Waals surface area contributed by atoms with Gasteiger partial charge in [-0.1, -0.05) is 195 Å². The van der Waals surface area contributed by atoms with E-state index in [1.54, 1.807) is 0 Å². The first kappa shape index (κ1) is 38.7. The van der Waals surface area contributed by atoms with E-state index in [2.05, 4.69) is 266 Å². The van der Waals surface area contributed by atoms with Gasteiger partial charge in [-0.2, -0.15) is 0 Å². The minimum atomic E-state index is -0.511. The predicted molar refractivity (Wildman–Crippen MR) is 270 cm³/mol. The maximum atomic E-state index is 4.32. The summed E-state index contributed by atoms with van der Waals surface area (Å²) in [5, 5.41) is 1.21. The Morgan fingerprint density at radius 2 is 1.00 bits per heavy atom. The molecular formula is C62H46N2. The lowest BCUT2D eigenvalue weighted by Crippen LogP contribution is -2.28. The fourth-order valence-corrected chi connectivity index (χ4v) is 10.2. The number of para-hydroxylation sites is 2. The molecule has 0 radical (unpaired) electrons. The van der Waals surface area contributed by atoms with Gasteiger partial charge in [0.05, 0.1) is 10.9 Å². The molecule has 10 aromatic rings. The molecule has 0 amide bonds. The number of hydrogen-bond donors (Lipinski definition) is 0. The zero-order valence-electron chi connectivity index (χ0n) is 35.8. The molecule has 2 heteroatoms. The Morgan fingerprint density at radius 1 is 0.484 bits per heavy atom. The normalized spacial score (nSPS) is 12.7. The summed E-state index contributed by atoms with van der Waals surface area (Å²) < 4.78 is 2.35. The van der Waals surface area contributed by atoms with Crippen molar-refractivity contribution in [2.24, 2.45) is 0 Å². The van der Waals surface area contributed by atoms with E-state index >= 15 is 0 Å². The number of benzene rings is 9. The van der Waals surface area contributed by atoms with Gasteiger partial charge < -0.3 is 9.47 Å². The number of fused-ring (bicyclic) bond motifs is 4. The number of aromatic nitrogens is 1. The van der Waals surface area contributed by atoms with Crippen molar-refractivity contribution in [1.82, 2.24) is 4.57 Å². The van der Waals surface area contributed by atoms with Crippen LogP contribution < -0.4 is 4.90 Å². The second-order valence-corrected chi connectivity index (χ2v) is 16.5. The number of nitrogens with zero attached hydrogens (tertiary/aromatic N) is 2. The third kappa shape index (κ3) is 6.42. The first-order chi connectivity index (χ1) is 31.6. The molecule has 1 heterocycles. The molecule has 0 fully saturated rings. The van der Waals surface area contributed by atoms with Crippen LogP contribution in [0.3, 0.4) is 0 Å². The Bertz CT molecular complexity index is 3270. The van der Waals surface area contributed by atoms with Crippen LogP contribution in [-0.2, 0) is 5.41 Å². The van der Waals surface area contributed by atoms with Crippen molar-refractivity contribution in [1.29, 1.82) is 0 Å². The van der Waals surface area contributed by atoms with Crippen LogP contribution >= 0.6 is 0 Å². The zero-order chi connectivity index (χ0) is 43.0. The second-order valence-electron chi connectivity index (χ2n) is 16.5. The maximum Gasteiger partial charge on any atom is 0.0714 e. The van der Waals surface area contributed by atoms with Crippen LogP contribution in [0.25, 0.3) is 50.5 Å². The number of hydrogen-bond acceptors (Lipinski definition) is 1. The van der Waals surface area contributed by atoms with Crippen molar-refractivity contribution in [2.75, 3.05) is 4.90 Å². The molecule has 0 bridgehead atoms. The van der Waals surface area contributed by atoms with E-state index < -0.39 is 5.41 Å². The highest BCUT2D eigenvalue weighted by Gasteiger charge is 2.46. The molecule has 0 spiro atoms. The Labute approximate surface area is 376 Å². The third-order valence-electron chi connectivity index (χ3n) is 13.1. The van der Waals surface area contributed by atoms with Gasteiger partial charge in [-0.25, -0.2) is 0 Å². The van der Waals surface area contributed by atoms with Gasteiger partial charge in [0.2, 0.25) is 0 Å². The molecular weight excluding hydrogens is 773 g/mol. The summed E-state index contributed by atoms with van der Waals surface area (Å²) in [6.07, 6.45) is 4.28. The highest BCUT2D eigenvalue weighted by molar-refractivity contribution is 5.99. The van der Waals surface area contributed by atoms with Crippen LogP contribution in [0.4, 0.5) is 17.1 Å². The molecule has 0 N–H and O–H groups in total. The molecule has 0 aliphatic heterocycles. The van der Waals surface area contributed by atoms with E-state index in [1.807, 2.05) is 6.08 Å². The average Bonchev–Trinajstić information content (AvgIpc) is 3.82. The van der Waals surface area contributed by atoms with Gasteiger partial charge in [-0.05, 0) is 123 Å². The smallest absolute Gasteiger partial charge is 0.0714 e. The molecule has 0 saturated heterocycles. The van der Waals surface area contributed by atoms with Gasteiger partial charge in [0.25, 0.3) is 0 Å². The predicted octanol–water partition coefficient (Wildman–Crippen LogP) is 16.2. The van der Waals surface area contributed by atoms with Gasteiger partial charge >= 0.3 is 0 Å². The van der Waals surface area contributed by atoms with Crippen LogP contribution in [-0.4, -0.2) is 4.57 Å². The molecule has 64 heavy (non-hydrogen) atoms. The maximum absolute atomic E-state index is 4.32. The van der Waals surface area contributed by atoms with Crippen LogP contribution in [0, 0.1) is 6.92 Å². The molecule has 0 unspecified atom stereocenters. The van der Waals surface area contributed by atoms with Crippen LogP contribution in [0.1, 0.15) is 39.1 Å². The van der Waals surface area contributed by atoms with Crippen molar-refractivity contribution < 1.29 is 0 Å². The molecule has 0 saturated carbocycles. The lowest BCUT2D eigenvalue weighted by molar-refractivity contribution is 0.768. The summed E-state index contributed by atoms with van der Waals surface area (Å²) in [6.45, 7) is 6.53. The standard InChI is InChI=1S/C62H46N2/c1-3-45(42-58-44(2)63(51-26-14-7-15-27-51)61-31-19-17-29-57(58)61)47-32-36-52(37-33-47)64(53-38-34-48(35-39-53)46-20-8-4-9-21-46)54-40-41-56-55-28-16-18-30-59(55)62(60(56)43-54,49-22-10-5-11-23-49)50-24-12-6-13-25-50/h3-43H,1H2,2H3/b45-42+. The highest BCUT2D eigenvalue weighted by Crippen LogP contribution is 2.57. The number of rotatable bonds is 10. The quantitative estimate of drug-likeness (QED) is 0.125. The molecule has 1 aliphatic carbocycles. The summed E-state index contributed by atoms with van der Waals surface area (Å²) in [5.74, 6) is 0. The van der Waals surface area contributed by atoms with E-state index in [9.17, 15) is 0 Å². The topological polar surface area (TPSA) is 8.17 Å². The highest BCUT2D eigenvalue weighted by atomic mass is 15.1. The van der Waals surface area contributed by atoms with Crippen LogP contribution in [0.5, 0.6) is 0 Å². The van der Waals surface area contributed by atoms with E-state index in [0.717, 1.165) is 33.9 Å². The van der Waals surface area contributed by atoms with Gasteiger partial charge in [-0.15, -0.1) is 0 Å². The average molecular weight is 819 g/mol. The Kier molecular flexibility index (Phi) is 9.83. The fraction of sp³-hybridized carbons (Fsp3) is 0.0323. The lowest BCUT2D eigenvalue weighted by Gasteiger charge is -2.35. The molecule has 2 nitrogen and oxygen atoms in total. The summed E-state index contributed by atoms with van der Waals surface area (Å²) in [6, 6.07) is 85.9. The third-order valence-corrected chi connectivity index (χ3v) is 13.1. The van der Waals surface area contributed by atoms with E-state index in [-0.39, 0.29) is 0 Å². The van der Waals surface area contributed by atoms with Gasteiger partial charge in [0.15, 0.2) is 0 Å². The minimum absolute atomic E-state index is 0.511. The first-order valence-electron chi connectivity index (χ1n) is 22.0. The Hall–Kier alpha value is -8.20. The summed E-state index contributed by atoms with van der Waals surface area (Å²) in [4.78, 5) is 2.40. The van der Waals surface area contributed by atoms with Crippen LogP contribution in [0.15, 0.2) is 249 Å². The zero-order valence-corrected chi connectivity index (χ0v) is 35.8. The molecule has 9 aromatic carbocycles. The lowest BCUT2D eigenvalue weighted by atomic mass is 9.67. The molecule has 11 rings (SSSR count). The summed E-state index contributed by atoms with van der Waals surface area (Å²) in [5.41, 5.74) is 19.6. The molecule has 304 valence electrons. The number of allylic oxidation sites excluding steroid dienone is 2. The minimum Gasteiger partial charge on any atom is -0.313 e. The molecule has 0 atom stereocenters. The van der Waals surface area contributed by atoms with Crippen molar-refractivity contribution in [2.45, 2.75) is 12.3 Å². The second kappa shape index (κ2) is 16.2. The van der Waals surface area contributed by atoms with Gasteiger partial charge in [0, 0.05) is 39.4 Å². The number of anilines is 3. The monoisotopic (exact) mass is 818 g/mol. The molecule has 1 aliphatic rings. The summed E-state index contributed by atoms with van der Waals surface area (Å²) in [7, 11) is 0. The van der Waals surface area contributed by atoms with E-state index in [0.29, 0.717) is 0 Å². The molecule has 1 aromatic heterocycles. The van der Waals surface area contributed by atoms with E-state index in [1.165, 1.54) is 66.7 Å². The SMILES string of the molecule is C=C/C(=C\c1c(C)n(-c2ccccc2)c2ccccc12)c1ccc(N(c2ccc(-c3ccccc3)cc2)c2ccc3c(c2)C(c2ccccc2)(c2ccccc2)c2ccccc2-3)cc1. The van der Waals surface area contributed by atoms with Crippen molar-refractivity contribution in [3.05, 3.63) is 288 Å². The van der Waals surface area contributed by atoms with Crippen molar-refractivity contribution >= 4 is 39.6 Å². The Balaban J connectivity index is 1.06. The van der Waals surface area contributed by atoms with Crippen LogP contribution in [0.2, 0.25) is 0 Å². The van der Waals surface area contributed by atoms with Gasteiger partial charge in [0.1, 0.15) is 0 Å². The van der Waals surface area contributed by atoms with Crippen molar-refractivity contribution in [3.63, 3.8) is 0 Å². The first-order valence-corrected chi connectivity index (χ1v) is 22.0.